The van der Waals surface area contributed by atoms with Gasteiger partial charge in [-0.15, -0.1) is 0 Å². The van der Waals surface area contributed by atoms with Gasteiger partial charge < -0.3 is 10.8 Å². The van der Waals surface area contributed by atoms with Crippen LogP contribution in [0.5, 0.6) is 0 Å². The summed E-state index contributed by atoms with van der Waals surface area (Å²) < 4.78 is 13.4. The van der Waals surface area contributed by atoms with E-state index in [4.69, 9.17) is 17.3 Å². The number of benzene rings is 1. The van der Waals surface area contributed by atoms with Crippen molar-refractivity contribution in [2.24, 2.45) is 5.73 Å². The highest BCUT2D eigenvalue weighted by molar-refractivity contribution is 6.30. The summed E-state index contributed by atoms with van der Waals surface area (Å²) in [6.07, 6.45) is 1.34. The van der Waals surface area contributed by atoms with Gasteiger partial charge in [-0.3, -0.25) is 0 Å². The third-order valence-corrected chi connectivity index (χ3v) is 3.05. The van der Waals surface area contributed by atoms with Gasteiger partial charge in [0.05, 0.1) is 5.60 Å². The molecule has 2 nitrogen and oxygen atoms in total. The van der Waals surface area contributed by atoms with Crippen LogP contribution in [0.4, 0.5) is 4.39 Å². The molecule has 4 heteroatoms. The molecule has 1 fully saturated rings. The molecule has 1 aliphatic rings. The van der Waals surface area contributed by atoms with Crippen molar-refractivity contribution in [3.63, 3.8) is 0 Å². The predicted molar refractivity (Wildman–Crippen MR) is 57.3 cm³/mol. The third kappa shape index (κ3) is 2.30. The first-order valence-electron chi connectivity index (χ1n) is 4.90. The van der Waals surface area contributed by atoms with Gasteiger partial charge in [-0.2, -0.15) is 0 Å². The van der Waals surface area contributed by atoms with Gasteiger partial charge in [-0.25, -0.2) is 4.39 Å². The summed E-state index contributed by atoms with van der Waals surface area (Å²) in [5.74, 6) is -0.326. The number of aliphatic hydroxyl groups is 1. The molecule has 0 saturated heterocycles. The minimum atomic E-state index is -0.842. The lowest BCUT2D eigenvalue weighted by atomic mass is 9.72. The second-order valence-electron chi connectivity index (χ2n) is 4.31. The molecule has 0 spiro atoms. The Hall–Kier alpha value is -0.640. The van der Waals surface area contributed by atoms with Gasteiger partial charge in [-0.05, 0) is 36.6 Å². The Morgan fingerprint density at radius 3 is 2.80 bits per heavy atom. The van der Waals surface area contributed by atoms with E-state index in [1.165, 1.54) is 12.1 Å². The Morgan fingerprint density at radius 1 is 1.53 bits per heavy atom. The molecule has 82 valence electrons. The van der Waals surface area contributed by atoms with Crippen LogP contribution in [0.3, 0.4) is 0 Å². The maximum absolute atomic E-state index is 13.4. The highest BCUT2D eigenvalue weighted by atomic mass is 35.5. The molecule has 1 aliphatic carbocycles. The van der Waals surface area contributed by atoms with Crippen molar-refractivity contribution in [3.8, 4) is 0 Å². The van der Waals surface area contributed by atoms with Crippen molar-refractivity contribution >= 4 is 11.6 Å². The molecule has 2 rings (SSSR count). The standard InChI is InChI=1S/C11H13ClFNO/c12-8-1-2-10(13)7(3-8)4-11(15)5-9(14)6-11/h1-3,9,15H,4-6,14H2. The Bertz CT molecular complexity index is 377. The normalized spacial score (nSPS) is 30.0. The first-order valence-corrected chi connectivity index (χ1v) is 5.28. The summed E-state index contributed by atoms with van der Waals surface area (Å²) in [4.78, 5) is 0. The Labute approximate surface area is 92.9 Å². The topological polar surface area (TPSA) is 46.2 Å². The Kier molecular flexibility index (Phi) is 2.71. The van der Waals surface area contributed by atoms with E-state index in [1.54, 1.807) is 6.07 Å². The minimum Gasteiger partial charge on any atom is -0.389 e. The van der Waals surface area contributed by atoms with Crippen molar-refractivity contribution in [1.82, 2.24) is 0 Å². The van der Waals surface area contributed by atoms with Gasteiger partial charge >= 0.3 is 0 Å². The Balaban J connectivity index is 2.14. The zero-order chi connectivity index (χ0) is 11.1. The molecule has 0 aliphatic heterocycles. The highest BCUT2D eigenvalue weighted by Crippen LogP contribution is 2.34. The minimum absolute atomic E-state index is 0.0391. The van der Waals surface area contributed by atoms with Crippen LogP contribution >= 0.6 is 11.6 Å². The zero-order valence-electron chi connectivity index (χ0n) is 8.21. The van der Waals surface area contributed by atoms with Crippen LogP contribution in [0.1, 0.15) is 18.4 Å². The highest BCUT2D eigenvalue weighted by Gasteiger charge is 2.41. The quantitative estimate of drug-likeness (QED) is 0.814. The van der Waals surface area contributed by atoms with Crippen LogP contribution in [-0.4, -0.2) is 16.7 Å². The van der Waals surface area contributed by atoms with Crippen LogP contribution in [0.15, 0.2) is 18.2 Å². The molecule has 15 heavy (non-hydrogen) atoms. The first kappa shape index (κ1) is 10.9. The largest absolute Gasteiger partial charge is 0.389 e. The number of rotatable bonds is 2. The number of hydrogen-bond donors (Lipinski definition) is 2. The van der Waals surface area contributed by atoms with Crippen molar-refractivity contribution in [2.75, 3.05) is 0 Å². The molecule has 0 atom stereocenters. The van der Waals surface area contributed by atoms with Crippen LogP contribution in [0.2, 0.25) is 5.02 Å². The number of hydrogen-bond acceptors (Lipinski definition) is 2. The molecule has 1 saturated carbocycles. The average molecular weight is 230 g/mol. The molecule has 1 aromatic carbocycles. The molecule has 0 aromatic heterocycles. The second-order valence-corrected chi connectivity index (χ2v) is 4.74. The monoisotopic (exact) mass is 229 g/mol. The SMILES string of the molecule is NC1CC(O)(Cc2cc(Cl)ccc2F)C1. The van der Waals surface area contributed by atoms with E-state index in [0.717, 1.165) is 0 Å². The average Bonchev–Trinajstić information content (AvgIpc) is 2.09. The van der Waals surface area contributed by atoms with Crippen LogP contribution in [0.25, 0.3) is 0 Å². The van der Waals surface area contributed by atoms with Crippen LogP contribution in [-0.2, 0) is 6.42 Å². The lowest BCUT2D eigenvalue weighted by Gasteiger charge is -2.42. The van der Waals surface area contributed by atoms with E-state index in [9.17, 15) is 9.50 Å². The molecule has 3 N–H and O–H groups in total. The van der Waals surface area contributed by atoms with E-state index in [0.29, 0.717) is 23.4 Å². The predicted octanol–water partition coefficient (Wildman–Crippen LogP) is 1.87. The molecule has 0 radical (unpaired) electrons. The molecule has 0 amide bonds. The van der Waals surface area contributed by atoms with Crippen LogP contribution in [0, 0.1) is 5.82 Å². The summed E-state index contributed by atoms with van der Waals surface area (Å²) in [5.41, 5.74) is 5.21. The maximum Gasteiger partial charge on any atom is 0.126 e. The molecule has 0 unspecified atom stereocenters. The molecular formula is C11H13ClFNO. The van der Waals surface area contributed by atoms with E-state index in [1.807, 2.05) is 0 Å². The van der Waals surface area contributed by atoms with Gasteiger partial charge in [0, 0.05) is 17.5 Å². The molecular weight excluding hydrogens is 217 g/mol. The first-order chi connectivity index (χ1) is 6.98. The van der Waals surface area contributed by atoms with Gasteiger partial charge in [0.25, 0.3) is 0 Å². The van der Waals surface area contributed by atoms with Gasteiger partial charge in [0.1, 0.15) is 5.82 Å². The fourth-order valence-electron chi connectivity index (χ4n) is 2.09. The van der Waals surface area contributed by atoms with E-state index < -0.39 is 5.60 Å². The third-order valence-electron chi connectivity index (χ3n) is 2.81. The van der Waals surface area contributed by atoms with Crippen molar-refractivity contribution in [1.29, 1.82) is 0 Å². The molecule has 0 heterocycles. The van der Waals surface area contributed by atoms with E-state index in [-0.39, 0.29) is 18.3 Å². The van der Waals surface area contributed by atoms with Crippen molar-refractivity contribution < 1.29 is 9.50 Å². The van der Waals surface area contributed by atoms with E-state index in [2.05, 4.69) is 0 Å². The van der Waals surface area contributed by atoms with Crippen molar-refractivity contribution in [2.45, 2.75) is 30.9 Å². The molecule has 1 aromatic rings. The lowest BCUT2D eigenvalue weighted by Crippen LogP contribution is -2.52. The van der Waals surface area contributed by atoms with Gasteiger partial charge in [0.2, 0.25) is 0 Å². The lowest BCUT2D eigenvalue weighted by molar-refractivity contribution is -0.0460. The summed E-state index contributed by atoms with van der Waals surface area (Å²) in [6.45, 7) is 0. The van der Waals surface area contributed by atoms with Crippen molar-refractivity contribution in [3.05, 3.63) is 34.6 Å². The number of halogens is 2. The van der Waals surface area contributed by atoms with Crippen LogP contribution < -0.4 is 5.73 Å². The van der Waals surface area contributed by atoms with Gasteiger partial charge in [0.15, 0.2) is 0 Å². The number of nitrogens with two attached hydrogens (primary N) is 1. The fraction of sp³-hybridized carbons (Fsp3) is 0.455. The zero-order valence-corrected chi connectivity index (χ0v) is 8.97. The van der Waals surface area contributed by atoms with Gasteiger partial charge in [-0.1, -0.05) is 11.6 Å². The smallest absolute Gasteiger partial charge is 0.126 e. The Morgan fingerprint density at radius 2 is 2.20 bits per heavy atom. The molecule has 0 bridgehead atoms. The summed E-state index contributed by atoms with van der Waals surface area (Å²) in [7, 11) is 0. The summed E-state index contributed by atoms with van der Waals surface area (Å²) in [6, 6.07) is 4.41. The fourth-order valence-corrected chi connectivity index (χ4v) is 2.29. The maximum atomic E-state index is 13.4. The second kappa shape index (κ2) is 3.74. The van der Waals surface area contributed by atoms with E-state index >= 15 is 0 Å². The summed E-state index contributed by atoms with van der Waals surface area (Å²) in [5, 5.41) is 10.4. The summed E-state index contributed by atoms with van der Waals surface area (Å²) >= 11 is 5.76.